The molecule has 0 radical (unpaired) electrons. The molecule has 0 atom stereocenters. The van der Waals surface area contributed by atoms with Gasteiger partial charge in [-0.3, -0.25) is 4.79 Å². The van der Waals surface area contributed by atoms with Crippen molar-refractivity contribution in [1.29, 1.82) is 0 Å². The molecule has 0 unspecified atom stereocenters. The highest BCUT2D eigenvalue weighted by Crippen LogP contribution is 2.23. The van der Waals surface area contributed by atoms with Crippen molar-refractivity contribution in [2.75, 3.05) is 6.54 Å². The van der Waals surface area contributed by atoms with Crippen LogP contribution in [0.25, 0.3) is 0 Å². The molecule has 1 heterocycles. The number of hydrogen-bond acceptors (Lipinski definition) is 1. The molecule has 1 aliphatic heterocycles. The second kappa shape index (κ2) is 5.53. The first-order valence-electron chi connectivity index (χ1n) is 6.33. The lowest BCUT2D eigenvalue weighted by Gasteiger charge is -2.36. The van der Waals surface area contributed by atoms with E-state index in [9.17, 15) is 4.79 Å². The minimum atomic E-state index is 0.375. The van der Waals surface area contributed by atoms with E-state index in [0.29, 0.717) is 23.8 Å². The summed E-state index contributed by atoms with van der Waals surface area (Å²) >= 11 is 0. The number of amides is 1. The third-order valence-electron chi connectivity index (χ3n) is 3.34. The van der Waals surface area contributed by atoms with Crippen molar-refractivity contribution in [1.82, 2.24) is 4.90 Å². The van der Waals surface area contributed by atoms with Crippen LogP contribution in [0.2, 0.25) is 0 Å². The van der Waals surface area contributed by atoms with E-state index in [4.69, 9.17) is 0 Å². The summed E-state index contributed by atoms with van der Waals surface area (Å²) in [6.07, 6.45) is 4.24. The number of rotatable bonds is 3. The minimum absolute atomic E-state index is 0.375. The number of carbonyl (C=O) groups excluding carboxylic acids is 1. The molecule has 0 bridgehead atoms. The summed E-state index contributed by atoms with van der Waals surface area (Å²) in [6.45, 7) is 9.87. The molecule has 1 amide bonds. The van der Waals surface area contributed by atoms with Crippen molar-refractivity contribution in [3.8, 4) is 0 Å². The molecule has 0 aromatic heterocycles. The first kappa shape index (κ1) is 12.5. The zero-order valence-electron chi connectivity index (χ0n) is 10.6. The maximum Gasteiger partial charge on any atom is 0.222 e. The van der Waals surface area contributed by atoms with Gasteiger partial charge in [0.25, 0.3) is 0 Å². The Balaban J connectivity index is 2.75. The maximum absolute atomic E-state index is 12.0. The van der Waals surface area contributed by atoms with Gasteiger partial charge in [-0.1, -0.05) is 34.1 Å². The zero-order valence-corrected chi connectivity index (χ0v) is 10.6. The van der Waals surface area contributed by atoms with Crippen molar-refractivity contribution in [3.05, 3.63) is 0 Å². The first-order valence-corrected chi connectivity index (χ1v) is 6.33. The molecule has 1 fully saturated rings. The van der Waals surface area contributed by atoms with Gasteiger partial charge in [0, 0.05) is 19.0 Å². The van der Waals surface area contributed by atoms with Crippen LogP contribution < -0.4 is 0 Å². The molecule has 1 saturated heterocycles. The molecule has 2 nitrogen and oxygen atoms in total. The van der Waals surface area contributed by atoms with Crippen molar-refractivity contribution >= 4 is 5.91 Å². The van der Waals surface area contributed by atoms with Crippen LogP contribution in [0.3, 0.4) is 0 Å². The molecule has 0 aromatic carbocycles. The lowest BCUT2D eigenvalue weighted by Crippen LogP contribution is -2.46. The Labute approximate surface area is 94.0 Å². The number of carbonyl (C=O) groups is 1. The molecular weight excluding hydrogens is 186 g/mol. The highest BCUT2D eigenvalue weighted by atomic mass is 16.2. The fourth-order valence-electron chi connectivity index (χ4n) is 2.81. The Hall–Kier alpha value is -0.530. The van der Waals surface area contributed by atoms with E-state index in [2.05, 4.69) is 32.6 Å². The fourth-order valence-corrected chi connectivity index (χ4v) is 2.81. The van der Waals surface area contributed by atoms with E-state index in [-0.39, 0.29) is 0 Å². The van der Waals surface area contributed by atoms with Crippen LogP contribution in [0.4, 0.5) is 0 Å². The van der Waals surface area contributed by atoms with Crippen molar-refractivity contribution < 1.29 is 4.79 Å². The summed E-state index contributed by atoms with van der Waals surface area (Å²) in [5.41, 5.74) is 0. The summed E-state index contributed by atoms with van der Waals surface area (Å²) in [5.74, 6) is 1.50. The van der Waals surface area contributed by atoms with Gasteiger partial charge >= 0.3 is 0 Å². The standard InChI is InChI=1S/C13H25NO/c1-10(2)13(11(3)4)14-9-7-5-6-8-12(14)15/h10-11,13H,5-9H2,1-4H3. The zero-order chi connectivity index (χ0) is 11.4. The molecule has 15 heavy (non-hydrogen) atoms. The predicted molar refractivity (Wildman–Crippen MR) is 63.6 cm³/mol. The van der Waals surface area contributed by atoms with E-state index in [1.807, 2.05) is 0 Å². The van der Waals surface area contributed by atoms with Gasteiger partial charge in [-0.25, -0.2) is 0 Å². The maximum atomic E-state index is 12.0. The molecule has 0 aliphatic carbocycles. The number of likely N-dealkylation sites (tertiary alicyclic amines) is 1. The van der Waals surface area contributed by atoms with Gasteiger partial charge in [-0.2, -0.15) is 0 Å². The molecule has 1 aliphatic rings. The van der Waals surface area contributed by atoms with Gasteiger partial charge in [0.2, 0.25) is 5.91 Å². The molecule has 0 saturated carbocycles. The van der Waals surface area contributed by atoms with Gasteiger partial charge in [-0.15, -0.1) is 0 Å². The van der Waals surface area contributed by atoms with Gasteiger partial charge in [0.05, 0.1) is 0 Å². The second-order valence-electron chi connectivity index (χ2n) is 5.38. The minimum Gasteiger partial charge on any atom is -0.339 e. The molecule has 88 valence electrons. The molecule has 0 N–H and O–H groups in total. The topological polar surface area (TPSA) is 20.3 Å². The highest BCUT2D eigenvalue weighted by Gasteiger charge is 2.29. The second-order valence-corrected chi connectivity index (χ2v) is 5.38. The summed E-state index contributed by atoms with van der Waals surface area (Å²) in [6, 6.07) is 0.426. The van der Waals surface area contributed by atoms with E-state index < -0.39 is 0 Å². The first-order chi connectivity index (χ1) is 7.04. The smallest absolute Gasteiger partial charge is 0.222 e. The van der Waals surface area contributed by atoms with Crippen LogP contribution in [-0.2, 0) is 4.79 Å². The average molecular weight is 211 g/mol. The molecule has 0 aromatic rings. The van der Waals surface area contributed by atoms with Crippen molar-refractivity contribution in [3.63, 3.8) is 0 Å². The van der Waals surface area contributed by atoms with E-state index in [0.717, 1.165) is 19.4 Å². The number of hydrogen-bond donors (Lipinski definition) is 0. The van der Waals surface area contributed by atoms with Gasteiger partial charge in [0.15, 0.2) is 0 Å². The van der Waals surface area contributed by atoms with E-state index in [1.165, 1.54) is 12.8 Å². The quantitative estimate of drug-likeness (QED) is 0.702. The van der Waals surface area contributed by atoms with Crippen molar-refractivity contribution in [2.45, 2.75) is 59.4 Å². The SMILES string of the molecule is CC(C)C(C(C)C)N1CCCCCC1=O. The molecule has 2 heteroatoms. The Bertz CT molecular complexity index is 203. The normalized spacial score (nSPS) is 19.1. The lowest BCUT2D eigenvalue weighted by atomic mass is 9.91. The summed E-state index contributed by atoms with van der Waals surface area (Å²) in [5, 5.41) is 0. The van der Waals surface area contributed by atoms with E-state index in [1.54, 1.807) is 0 Å². The Morgan fingerprint density at radius 2 is 1.60 bits per heavy atom. The van der Waals surface area contributed by atoms with Crippen LogP contribution in [0.1, 0.15) is 53.4 Å². The third kappa shape index (κ3) is 3.22. The molecule has 0 spiro atoms. The predicted octanol–water partition coefficient (Wildman–Crippen LogP) is 3.07. The van der Waals surface area contributed by atoms with Crippen LogP contribution in [0, 0.1) is 11.8 Å². The average Bonchev–Trinajstić information content (AvgIpc) is 2.31. The Morgan fingerprint density at radius 1 is 1.00 bits per heavy atom. The molecular formula is C13H25NO. The van der Waals surface area contributed by atoms with Crippen LogP contribution >= 0.6 is 0 Å². The summed E-state index contributed by atoms with van der Waals surface area (Å²) in [4.78, 5) is 14.1. The highest BCUT2D eigenvalue weighted by molar-refractivity contribution is 5.76. The number of nitrogens with zero attached hydrogens (tertiary/aromatic N) is 1. The van der Waals surface area contributed by atoms with Gasteiger partial charge in [-0.05, 0) is 24.7 Å². The summed E-state index contributed by atoms with van der Waals surface area (Å²) in [7, 11) is 0. The van der Waals surface area contributed by atoms with Crippen LogP contribution in [-0.4, -0.2) is 23.4 Å². The van der Waals surface area contributed by atoms with E-state index >= 15 is 0 Å². The lowest BCUT2D eigenvalue weighted by molar-refractivity contribution is -0.135. The van der Waals surface area contributed by atoms with Crippen molar-refractivity contribution in [2.24, 2.45) is 11.8 Å². The molecule has 1 rings (SSSR count). The van der Waals surface area contributed by atoms with Crippen LogP contribution in [0.5, 0.6) is 0 Å². The van der Waals surface area contributed by atoms with Gasteiger partial charge < -0.3 is 4.90 Å². The van der Waals surface area contributed by atoms with Gasteiger partial charge in [0.1, 0.15) is 0 Å². The Kier molecular flexibility index (Phi) is 4.62. The summed E-state index contributed by atoms with van der Waals surface area (Å²) < 4.78 is 0. The van der Waals surface area contributed by atoms with Crippen LogP contribution in [0.15, 0.2) is 0 Å². The monoisotopic (exact) mass is 211 g/mol. The fraction of sp³-hybridized carbons (Fsp3) is 0.923. The Morgan fingerprint density at radius 3 is 2.13 bits per heavy atom. The largest absolute Gasteiger partial charge is 0.339 e. The third-order valence-corrected chi connectivity index (χ3v) is 3.34.